The van der Waals surface area contributed by atoms with Gasteiger partial charge in [0.15, 0.2) is 0 Å². The predicted octanol–water partition coefficient (Wildman–Crippen LogP) is 5.55. The van der Waals surface area contributed by atoms with Crippen LogP contribution >= 0.6 is 0 Å². The molecule has 162 valence electrons. The van der Waals surface area contributed by atoms with Crippen molar-refractivity contribution in [3.63, 3.8) is 0 Å². The van der Waals surface area contributed by atoms with Crippen LogP contribution < -0.4 is 10.1 Å². The summed E-state index contributed by atoms with van der Waals surface area (Å²) in [5, 5.41) is 3.64. The average molecular weight is 416 g/mol. The Bertz CT molecular complexity index is 936. The van der Waals surface area contributed by atoms with Crippen LogP contribution in [0.25, 0.3) is 0 Å². The standard InChI is InChI=1S/C27H33N3O/c1-31-27-25(11-7-17-28-27)21-30-18-15-22(16-19-30)13-14-24-10-5-6-12-26(24)29-20-23-8-3-2-4-9-23/h2-12,17,22,29H,13-16,18-21H2,1H3. The van der Waals surface area contributed by atoms with E-state index < -0.39 is 0 Å². The zero-order valence-corrected chi connectivity index (χ0v) is 18.5. The van der Waals surface area contributed by atoms with E-state index in [4.69, 9.17) is 4.74 Å². The first-order valence-electron chi connectivity index (χ1n) is 11.4. The van der Waals surface area contributed by atoms with E-state index in [1.165, 1.54) is 41.6 Å². The number of ether oxygens (including phenoxy) is 1. The van der Waals surface area contributed by atoms with E-state index in [0.29, 0.717) is 0 Å². The number of benzene rings is 2. The van der Waals surface area contributed by atoms with Crippen molar-refractivity contribution in [2.45, 2.75) is 38.8 Å². The largest absolute Gasteiger partial charge is 0.481 e. The minimum atomic E-state index is 0.754. The van der Waals surface area contributed by atoms with Gasteiger partial charge in [-0.3, -0.25) is 4.90 Å². The zero-order chi connectivity index (χ0) is 21.3. The molecule has 2 heterocycles. The Labute approximate surface area is 186 Å². The minimum absolute atomic E-state index is 0.754. The highest BCUT2D eigenvalue weighted by Gasteiger charge is 2.20. The molecule has 0 spiro atoms. The third-order valence-corrected chi connectivity index (χ3v) is 6.31. The zero-order valence-electron chi connectivity index (χ0n) is 18.5. The van der Waals surface area contributed by atoms with Crippen molar-refractivity contribution in [3.05, 3.63) is 89.6 Å². The number of nitrogens with zero attached hydrogens (tertiary/aromatic N) is 2. The lowest BCUT2D eigenvalue weighted by molar-refractivity contribution is 0.170. The number of anilines is 1. The van der Waals surface area contributed by atoms with Crippen LogP contribution in [0, 0.1) is 5.92 Å². The van der Waals surface area contributed by atoms with E-state index >= 15 is 0 Å². The molecule has 3 aromatic rings. The molecular formula is C27H33N3O. The minimum Gasteiger partial charge on any atom is -0.481 e. The quantitative estimate of drug-likeness (QED) is 0.497. The Kier molecular flexibility index (Phi) is 7.56. The van der Waals surface area contributed by atoms with Gasteiger partial charge in [-0.1, -0.05) is 54.6 Å². The van der Waals surface area contributed by atoms with Gasteiger partial charge >= 0.3 is 0 Å². The van der Waals surface area contributed by atoms with Gasteiger partial charge in [-0.25, -0.2) is 4.98 Å². The van der Waals surface area contributed by atoms with Gasteiger partial charge in [0.2, 0.25) is 5.88 Å². The highest BCUT2D eigenvalue weighted by atomic mass is 16.5. The fourth-order valence-electron chi connectivity index (χ4n) is 4.47. The summed E-state index contributed by atoms with van der Waals surface area (Å²) in [5.41, 5.74) is 5.20. The number of aromatic nitrogens is 1. The number of rotatable bonds is 9. The maximum Gasteiger partial charge on any atom is 0.217 e. The average Bonchev–Trinajstić information content (AvgIpc) is 2.84. The molecule has 31 heavy (non-hydrogen) atoms. The Hall–Kier alpha value is -2.85. The molecule has 0 aliphatic carbocycles. The van der Waals surface area contributed by atoms with Crippen molar-refractivity contribution in [3.8, 4) is 5.88 Å². The Morgan fingerprint density at radius 2 is 1.68 bits per heavy atom. The smallest absolute Gasteiger partial charge is 0.217 e. The van der Waals surface area contributed by atoms with Crippen molar-refractivity contribution in [1.29, 1.82) is 0 Å². The number of piperidine rings is 1. The topological polar surface area (TPSA) is 37.4 Å². The lowest BCUT2D eigenvalue weighted by atomic mass is 9.90. The van der Waals surface area contributed by atoms with Crippen LogP contribution in [0.2, 0.25) is 0 Å². The molecule has 4 nitrogen and oxygen atoms in total. The first kappa shape index (κ1) is 21.4. The highest BCUT2D eigenvalue weighted by Crippen LogP contribution is 2.27. The van der Waals surface area contributed by atoms with Crippen LogP contribution in [-0.2, 0) is 19.5 Å². The van der Waals surface area contributed by atoms with Crippen molar-refractivity contribution < 1.29 is 4.74 Å². The molecule has 1 aliphatic heterocycles. The van der Waals surface area contributed by atoms with Gasteiger partial charge in [-0.2, -0.15) is 0 Å². The summed E-state index contributed by atoms with van der Waals surface area (Å²) in [6.07, 6.45) is 6.72. The number of likely N-dealkylation sites (tertiary alicyclic amines) is 1. The lowest BCUT2D eigenvalue weighted by Gasteiger charge is -2.32. The molecule has 0 unspecified atom stereocenters. The van der Waals surface area contributed by atoms with Crippen molar-refractivity contribution >= 4 is 5.69 Å². The maximum atomic E-state index is 5.41. The fraction of sp³-hybridized carbons (Fsp3) is 0.370. The Morgan fingerprint density at radius 3 is 2.48 bits per heavy atom. The van der Waals surface area contributed by atoms with Crippen molar-refractivity contribution in [1.82, 2.24) is 9.88 Å². The van der Waals surface area contributed by atoms with Crippen molar-refractivity contribution in [2.24, 2.45) is 5.92 Å². The molecule has 0 saturated carbocycles. The molecule has 4 heteroatoms. The second-order valence-corrected chi connectivity index (χ2v) is 8.43. The monoisotopic (exact) mass is 415 g/mol. The van der Waals surface area contributed by atoms with Crippen LogP contribution in [0.15, 0.2) is 72.9 Å². The summed E-state index contributed by atoms with van der Waals surface area (Å²) in [7, 11) is 1.70. The van der Waals surface area contributed by atoms with Gasteiger partial charge < -0.3 is 10.1 Å². The fourth-order valence-corrected chi connectivity index (χ4v) is 4.47. The van der Waals surface area contributed by atoms with Gasteiger partial charge in [0.25, 0.3) is 0 Å². The summed E-state index contributed by atoms with van der Waals surface area (Å²) in [4.78, 5) is 6.86. The molecule has 0 bridgehead atoms. The Balaban J connectivity index is 1.25. The van der Waals surface area contributed by atoms with Gasteiger partial charge in [-0.15, -0.1) is 0 Å². The molecular weight excluding hydrogens is 382 g/mol. The second kappa shape index (κ2) is 11.0. The van der Waals surface area contributed by atoms with E-state index in [2.05, 4.69) is 75.9 Å². The summed E-state index contributed by atoms with van der Waals surface area (Å²) < 4.78 is 5.41. The van der Waals surface area contributed by atoms with Crippen LogP contribution in [-0.4, -0.2) is 30.1 Å². The Morgan fingerprint density at radius 1 is 0.935 bits per heavy atom. The number of pyridine rings is 1. The summed E-state index contributed by atoms with van der Waals surface area (Å²) in [6, 6.07) is 23.5. The van der Waals surface area contributed by atoms with Gasteiger partial charge in [-0.05, 0) is 68.0 Å². The van der Waals surface area contributed by atoms with Crippen molar-refractivity contribution in [2.75, 3.05) is 25.5 Å². The molecule has 2 aromatic carbocycles. The summed E-state index contributed by atoms with van der Waals surface area (Å²) in [6.45, 7) is 4.09. The third-order valence-electron chi connectivity index (χ3n) is 6.31. The van der Waals surface area contributed by atoms with Gasteiger partial charge in [0, 0.05) is 30.5 Å². The summed E-state index contributed by atoms with van der Waals surface area (Å²) in [5.74, 6) is 1.55. The number of nitrogens with one attached hydrogen (secondary N) is 1. The second-order valence-electron chi connectivity index (χ2n) is 8.43. The molecule has 0 radical (unpaired) electrons. The number of hydrogen-bond acceptors (Lipinski definition) is 4. The molecule has 1 saturated heterocycles. The lowest BCUT2D eigenvalue weighted by Crippen LogP contribution is -2.33. The summed E-state index contributed by atoms with van der Waals surface area (Å²) >= 11 is 0. The van der Waals surface area contributed by atoms with E-state index in [1.807, 2.05) is 6.07 Å². The maximum absolute atomic E-state index is 5.41. The SMILES string of the molecule is COc1ncccc1CN1CCC(CCc2ccccc2NCc2ccccc2)CC1. The number of para-hydroxylation sites is 1. The van der Waals surface area contributed by atoms with E-state index in [-0.39, 0.29) is 0 Å². The molecule has 4 rings (SSSR count). The van der Waals surface area contributed by atoms with Crippen LogP contribution in [0.4, 0.5) is 5.69 Å². The number of hydrogen-bond donors (Lipinski definition) is 1. The van der Waals surface area contributed by atoms with E-state index in [9.17, 15) is 0 Å². The van der Waals surface area contributed by atoms with Gasteiger partial charge in [0.1, 0.15) is 0 Å². The molecule has 1 N–H and O–H groups in total. The highest BCUT2D eigenvalue weighted by molar-refractivity contribution is 5.51. The third kappa shape index (κ3) is 6.08. The van der Waals surface area contributed by atoms with E-state index in [0.717, 1.165) is 44.4 Å². The number of methoxy groups -OCH3 is 1. The number of aryl methyl sites for hydroxylation is 1. The molecule has 0 atom stereocenters. The van der Waals surface area contributed by atoms with Crippen LogP contribution in [0.1, 0.15) is 36.0 Å². The van der Waals surface area contributed by atoms with Gasteiger partial charge in [0.05, 0.1) is 7.11 Å². The first-order valence-corrected chi connectivity index (χ1v) is 11.4. The molecule has 1 aromatic heterocycles. The van der Waals surface area contributed by atoms with E-state index in [1.54, 1.807) is 13.3 Å². The van der Waals surface area contributed by atoms with Crippen LogP contribution in [0.5, 0.6) is 5.88 Å². The molecule has 1 fully saturated rings. The van der Waals surface area contributed by atoms with Crippen LogP contribution in [0.3, 0.4) is 0 Å². The predicted molar refractivity (Wildman–Crippen MR) is 127 cm³/mol. The first-order chi connectivity index (χ1) is 15.3. The molecule has 1 aliphatic rings. The molecule has 0 amide bonds. The normalized spacial score (nSPS) is 15.0.